The van der Waals surface area contributed by atoms with Gasteiger partial charge in [-0.3, -0.25) is 0 Å². The lowest BCUT2D eigenvalue weighted by Crippen LogP contribution is -2.44. The Morgan fingerprint density at radius 3 is 2.40 bits per heavy atom. The van der Waals surface area contributed by atoms with Crippen LogP contribution in [0.5, 0.6) is 0 Å². The molecule has 1 aromatic rings. The molecule has 1 N–H and O–H groups in total. The molecule has 1 rings (SSSR count). The number of halogens is 1. The van der Waals surface area contributed by atoms with Gasteiger partial charge in [0, 0.05) is 17.1 Å². The Morgan fingerprint density at radius 1 is 1.40 bits per heavy atom. The van der Waals surface area contributed by atoms with Crippen LogP contribution in [0.2, 0.25) is 0 Å². The van der Waals surface area contributed by atoms with Gasteiger partial charge in [0.05, 0.1) is 10.5 Å². The van der Waals surface area contributed by atoms with Crippen molar-refractivity contribution in [3.8, 4) is 0 Å². The van der Waals surface area contributed by atoms with E-state index in [2.05, 4.69) is 15.9 Å². The van der Waals surface area contributed by atoms with Crippen LogP contribution in [-0.4, -0.2) is 36.4 Å². The minimum Gasteiger partial charge on any atom is -0.478 e. The van der Waals surface area contributed by atoms with Gasteiger partial charge in [-0.05, 0) is 54.4 Å². The van der Waals surface area contributed by atoms with Crippen molar-refractivity contribution in [3.05, 3.63) is 28.2 Å². The minimum atomic E-state index is -3.77. The third-order valence-corrected chi connectivity index (χ3v) is 6.60. The second-order valence-electron chi connectivity index (χ2n) is 5.09. The first-order valence-corrected chi connectivity index (χ1v) is 8.29. The van der Waals surface area contributed by atoms with Crippen molar-refractivity contribution in [1.29, 1.82) is 0 Å². The van der Waals surface area contributed by atoms with E-state index in [1.165, 1.54) is 29.6 Å². The first kappa shape index (κ1) is 17.1. The van der Waals surface area contributed by atoms with Crippen molar-refractivity contribution < 1.29 is 18.3 Å². The fourth-order valence-corrected chi connectivity index (χ4v) is 4.06. The van der Waals surface area contributed by atoms with E-state index in [4.69, 9.17) is 5.11 Å². The molecule has 0 saturated heterocycles. The van der Waals surface area contributed by atoms with Gasteiger partial charge in [0.25, 0.3) is 0 Å². The van der Waals surface area contributed by atoms with Gasteiger partial charge in [-0.1, -0.05) is 6.92 Å². The molecule has 0 aromatic heterocycles. The van der Waals surface area contributed by atoms with Crippen molar-refractivity contribution in [2.45, 2.75) is 37.6 Å². The van der Waals surface area contributed by atoms with Crippen molar-refractivity contribution in [3.63, 3.8) is 0 Å². The maximum Gasteiger partial charge on any atom is 0.335 e. The van der Waals surface area contributed by atoms with Crippen molar-refractivity contribution >= 4 is 31.9 Å². The molecule has 112 valence electrons. The number of aromatic carboxylic acids is 1. The van der Waals surface area contributed by atoms with E-state index in [1.54, 1.807) is 0 Å². The zero-order valence-electron chi connectivity index (χ0n) is 11.8. The molecule has 0 heterocycles. The molecular formula is C13H18BrNO4S. The molecule has 0 aliphatic heterocycles. The SMILES string of the molecule is CCC(C)(C)N(C)S(=O)(=O)c1cc(C(=O)O)ccc1Br. The van der Waals surface area contributed by atoms with Crippen LogP contribution in [0, 0.1) is 0 Å². The van der Waals surface area contributed by atoms with Crippen LogP contribution >= 0.6 is 15.9 Å². The largest absolute Gasteiger partial charge is 0.478 e. The molecule has 0 spiro atoms. The first-order chi connectivity index (χ1) is 9.04. The summed E-state index contributed by atoms with van der Waals surface area (Å²) >= 11 is 3.17. The van der Waals surface area contributed by atoms with Gasteiger partial charge in [-0.2, -0.15) is 4.31 Å². The molecule has 0 unspecified atom stereocenters. The van der Waals surface area contributed by atoms with E-state index >= 15 is 0 Å². The van der Waals surface area contributed by atoms with Crippen LogP contribution in [0.15, 0.2) is 27.6 Å². The summed E-state index contributed by atoms with van der Waals surface area (Å²) in [6, 6.07) is 3.96. The lowest BCUT2D eigenvalue weighted by Gasteiger charge is -2.34. The Kier molecular flexibility index (Phi) is 4.99. The van der Waals surface area contributed by atoms with Gasteiger partial charge in [-0.15, -0.1) is 0 Å². The number of carbonyl (C=O) groups is 1. The summed E-state index contributed by atoms with van der Waals surface area (Å²) in [5, 5.41) is 8.99. The van der Waals surface area contributed by atoms with Gasteiger partial charge in [-0.25, -0.2) is 13.2 Å². The van der Waals surface area contributed by atoms with Crippen molar-refractivity contribution in [2.75, 3.05) is 7.05 Å². The molecule has 0 aliphatic rings. The van der Waals surface area contributed by atoms with Crippen LogP contribution in [0.3, 0.4) is 0 Å². The Hall–Kier alpha value is -0.920. The Labute approximate surface area is 127 Å². The molecule has 0 bridgehead atoms. The third kappa shape index (κ3) is 3.21. The standard InChI is InChI=1S/C13H18BrNO4S/c1-5-13(2,3)15(4)20(18,19)11-8-9(12(16)17)6-7-10(11)14/h6-8H,5H2,1-4H3,(H,16,17). The van der Waals surface area contributed by atoms with Gasteiger partial charge in [0.2, 0.25) is 10.0 Å². The molecule has 0 fully saturated rings. The Morgan fingerprint density at radius 2 is 1.95 bits per heavy atom. The van der Waals surface area contributed by atoms with E-state index in [0.29, 0.717) is 10.9 Å². The van der Waals surface area contributed by atoms with Crippen LogP contribution in [-0.2, 0) is 10.0 Å². The molecule has 1 aromatic carbocycles. The summed E-state index contributed by atoms with van der Waals surface area (Å²) in [6.07, 6.45) is 0.638. The topological polar surface area (TPSA) is 74.7 Å². The van der Waals surface area contributed by atoms with Crippen LogP contribution < -0.4 is 0 Å². The average Bonchev–Trinajstić information content (AvgIpc) is 2.37. The van der Waals surface area contributed by atoms with Gasteiger partial charge < -0.3 is 5.11 Å². The number of hydrogen-bond acceptors (Lipinski definition) is 3. The number of benzene rings is 1. The van der Waals surface area contributed by atoms with E-state index in [0.717, 1.165) is 0 Å². The fraction of sp³-hybridized carbons (Fsp3) is 0.462. The summed E-state index contributed by atoms with van der Waals surface area (Å²) in [6.45, 7) is 5.54. The number of hydrogen-bond donors (Lipinski definition) is 1. The maximum absolute atomic E-state index is 12.6. The maximum atomic E-state index is 12.6. The Bertz CT molecular complexity index is 625. The second kappa shape index (κ2) is 5.83. The van der Waals surface area contributed by atoms with E-state index in [9.17, 15) is 13.2 Å². The third-order valence-electron chi connectivity index (χ3n) is 3.53. The predicted octanol–water partition coefficient (Wildman–Crippen LogP) is 2.96. The lowest BCUT2D eigenvalue weighted by molar-refractivity contribution is 0.0696. The molecule has 20 heavy (non-hydrogen) atoms. The Balaban J connectivity index is 3.43. The number of sulfonamides is 1. The lowest BCUT2D eigenvalue weighted by atomic mass is 10.0. The highest BCUT2D eigenvalue weighted by molar-refractivity contribution is 9.10. The summed E-state index contributed by atoms with van der Waals surface area (Å²) in [7, 11) is -2.27. The molecule has 0 radical (unpaired) electrons. The summed E-state index contributed by atoms with van der Waals surface area (Å²) < 4.78 is 26.9. The van der Waals surface area contributed by atoms with Crippen LogP contribution in [0.25, 0.3) is 0 Å². The first-order valence-electron chi connectivity index (χ1n) is 6.06. The number of carboxylic acid groups (broad SMARTS) is 1. The molecule has 0 amide bonds. The molecule has 7 heteroatoms. The van der Waals surface area contributed by atoms with Gasteiger partial charge in [0.1, 0.15) is 0 Å². The van der Waals surface area contributed by atoms with Gasteiger partial charge in [0.15, 0.2) is 0 Å². The fourth-order valence-electron chi connectivity index (χ4n) is 1.53. The normalized spacial score (nSPS) is 12.7. The number of rotatable bonds is 5. The molecule has 5 nitrogen and oxygen atoms in total. The van der Waals surface area contributed by atoms with Crippen molar-refractivity contribution in [2.24, 2.45) is 0 Å². The smallest absolute Gasteiger partial charge is 0.335 e. The van der Waals surface area contributed by atoms with Crippen LogP contribution in [0.1, 0.15) is 37.6 Å². The molecule has 0 aliphatic carbocycles. The quantitative estimate of drug-likeness (QED) is 0.872. The minimum absolute atomic E-state index is 0.0403. The summed E-state index contributed by atoms with van der Waals surface area (Å²) in [4.78, 5) is 11.0. The van der Waals surface area contributed by atoms with Crippen LogP contribution in [0.4, 0.5) is 0 Å². The monoisotopic (exact) mass is 363 g/mol. The second-order valence-corrected chi connectivity index (χ2v) is 7.88. The molecule has 0 saturated carbocycles. The highest BCUT2D eigenvalue weighted by atomic mass is 79.9. The van der Waals surface area contributed by atoms with E-state index < -0.39 is 21.5 Å². The highest BCUT2D eigenvalue weighted by Gasteiger charge is 2.34. The molecule has 0 atom stereocenters. The zero-order valence-corrected chi connectivity index (χ0v) is 14.2. The summed E-state index contributed by atoms with van der Waals surface area (Å²) in [5.74, 6) is -1.16. The zero-order chi connectivity index (χ0) is 15.7. The number of nitrogens with zero attached hydrogens (tertiary/aromatic N) is 1. The van der Waals surface area contributed by atoms with Crippen molar-refractivity contribution in [1.82, 2.24) is 4.31 Å². The number of carboxylic acids is 1. The molecular weight excluding hydrogens is 346 g/mol. The average molecular weight is 364 g/mol. The highest BCUT2D eigenvalue weighted by Crippen LogP contribution is 2.30. The predicted molar refractivity (Wildman–Crippen MR) is 80.4 cm³/mol. The van der Waals surface area contributed by atoms with Gasteiger partial charge >= 0.3 is 5.97 Å². The van der Waals surface area contributed by atoms with E-state index in [1.807, 2.05) is 20.8 Å². The summed E-state index contributed by atoms with van der Waals surface area (Å²) in [5.41, 5.74) is -0.619. The van der Waals surface area contributed by atoms with E-state index in [-0.39, 0.29) is 10.5 Å².